The van der Waals surface area contributed by atoms with Gasteiger partial charge in [0.2, 0.25) is 0 Å². The second-order valence-corrected chi connectivity index (χ2v) is 15.3. The number of esters is 1. The lowest BCUT2D eigenvalue weighted by Crippen LogP contribution is -2.37. The second kappa shape index (κ2) is 35.7. The number of hydrogen-bond acceptors (Lipinski definition) is 7. The van der Waals surface area contributed by atoms with Crippen LogP contribution in [-0.4, -0.2) is 70.7 Å². The minimum atomic E-state index is -4.55. The van der Waals surface area contributed by atoms with Crippen LogP contribution in [0.5, 0.6) is 0 Å². The fourth-order valence-electron chi connectivity index (χ4n) is 4.64. The van der Waals surface area contributed by atoms with Gasteiger partial charge in [-0.2, -0.15) is 0 Å². The normalized spacial score (nSPS) is 14.8. The van der Waals surface area contributed by atoms with E-state index in [9.17, 15) is 14.3 Å². The van der Waals surface area contributed by atoms with Gasteiger partial charge in [0.1, 0.15) is 19.3 Å². The van der Waals surface area contributed by atoms with Crippen molar-refractivity contribution in [2.75, 3.05) is 54.1 Å². The third kappa shape index (κ3) is 38.9. The lowest BCUT2D eigenvalue weighted by Gasteiger charge is -2.28. The summed E-state index contributed by atoms with van der Waals surface area (Å²) in [6.45, 7) is 5.06. The maximum atomic E-state index is 12.6. The third-order valence-electron chi connectivity index (χ3n) is 7.71. The zero-order valence-corrected chi connectivity index (χ0v) is 34.4. The molecule has 8 nitrogen and oxygen atoms in total. The fraction of sp³-hybridized carbons (Fsp3) is 0.651. The smallest absolute Gasteiger partial charge is 0.310 e. The van der Waals surface area contributed by atoms with E-state index in [1.165, 1.54) is 38.5 Å². The van der Waals surface area contributed by atoms with Gasteiger partial charge in [0, 0.05) is 6.61 Å². The molecule has 0 bridgehead atoms. The monoisotopic (exact) mass is 748 g/mol. The Hall–Kier alpha value is -2.32. The maximum Gasteiger partial charge on any atom is 0.310 e. The summed E-state index contributed by atoms with van der Waals surface area (Å²) in [6, 6.07) is 0. The summed E-state index contributed by atoms with van der Waals surface area (Å²) in [5, 5.41) is 0. The predicted octanol–water partition coefficient (Wildman–Crippen LogP) is 10.7. The Balaban J connectivity index is 4.47. The third-order valence-corrected chi connectivity index (χ3v) is 8.68. The average molecular weight is 748 g/mol. The molecule has 0 saturated heterocycles. The molecule has 0 heterocycles. The van der Waals surface area contributed by atoms with Gasteiger partial charge in [-0.3, -0.25) is 9.36 Å². The Bertz CT molecular complexity index is 1100. The van der Waals surface area contributed by atoms with Crippen LogP contribution >= 0.6 is 7.82 Å². The predicted molar refractivity (Wildman–Crippen MR) is 217 cm³/mol. The van der Waals surface area contributed by atoms with Crippen molar-refractivity contribution in [3.63, 3.8) is 0 Å². The summed E-state index contributed by atoms with van der Waals surface area (Å²) in [5.41, 5.74) is 0. The molecular weight excluding hydrogens is 673 g/mol. The molecule has 0 aromatic rings. The quantitative estimate of drug-likeness (QED) is 0.0209. The molecule has 9 heteroatoms. The molecule has 0 fully saturated rings. The highest BCUT2D eigenvalue weighted by molar-refractivity contribution is 7.45. The number of phosphoric ester groups is 1. The summed E-state index contributed by atoms with van der Waals surface area (Å²) >= 11 is 0. The second-order valence-electron chi connectivity index (χ2n) is 13.9. The molecule has 2 atom stereocenters. The summed E-state index contributed by atoms with van der Waals surface area (Å²) in [5.74, 6) is -0.469. The van der Waals surface area contributed by atoms with E-state index in [1.807, 2.05) is 27.2 Å². The van der Waals surface area contributed by atoms with E-state index in [4.69, 9.17) is 18.5 Å². The Kier molecular flexibility index (Phi) is 34.1. The fourth-order valence-corrected chi connectivity index (χ4v) is 5.36. The number of ether oxygens (including phenoxy) is 2. The van der Waals surface area contributed by atoms with Gasteiger partial charge >= 0.3 is 5.97 Å². The van der Waals surface area contributed by atoms with Crippen LogP contribution in [0.1, 0.15) is 123 Å². The van der Waals surface area contributed by atoms with Crippen LogP contribution in [0.2, 0.25) is 0 Å². The van der Waals surface area contributed by atoms with E-state index in [-0.39, 0.29) is 26.2 Å². The summed E-state index contributed by atoms with van der Waals surface area (Å²) in [4.78, 5) is 24.9. The van der Waals surface area contributed by atoms with Crippen LogP contribution < -0.4 is 4.89 Å². The molecule has 0 aliphatic heterocycles. The van der Waals surface area contributed by atoms with Gasteiger partial charge in [-0.1, -0.05) is 137 Å². The van der Waals surface area contributed by atoms with Gasteiger partial charge in [0.05, 0.1) is 40.8 Å². The molecule has 0 aliphatic rings. The van der Waals surface area contributed by atoms with Crippen molar-refractivity contribution >= 4 is 13.8 Å². The van der Waals surface area contributed by atoms with Crippen molar-refractivity contribution in [1.82, 2.24) is 0 Å². The van der Waals surface area contributed by atoms with Crippen LogP contribution in [0.25, 0.3) is 0 Å². The highest BCUT2D eigenvalue weighted by Gasteiger charge is 2.20. The number of phosphoric acid groups is 1. The van der Waals surface area contributed by atoms with E-state index in [0.29, 0.717) is 24.1 Å². The first-order valence-corrected chi connectivity index (χ1v) is 21.3. The summed E-state index contributed by atoms with van der Waals surface area (Å²) in [7, 11) is 1.28. The lowest BCUT2D eigenvalue weighted by atomic mass is 10.1. The van der Waals surface area contributed by atoms with Crippen LogP contribution in [0.3, 0.4) is 0 Å². The number of hydrogen-bond donors (Lipinski definition) is 0. The molecular formula is C43H74NO7P. The highest BCUT2D eigenvalue weighted by Crippen LogP contribution is 2.38. The van der Waals surface area contributed by atoms with Gasteiger partial charge in [0.25, 0.3) is 7.82 Å². The number of rotatable bonds is 35. The van der Waals surface area contributed by atoms with Crippen LogP contribution in [0.4, 0.5) is 0 Å². The van der Waals surface area contributed by atoms with E-state index in [1.54, 1.807) is 6.08 Å². The number of likely N-dealkylation sites (N-methyl/N-ethyl adjacent to an activating group) is 1. The lowest BCUT2D eigenvalue weighted by molar-refractivity contribution is -0.870. The molecule has 2 unspecified atom stereocenters. The molecule has 298 valence electrons. The number of allylic oxidation sites excluding steroid dienone is 13. The van der Waals surface area contributed by atoms with Crippen LogP contribution in [0, 0.1) is 0 Å². The van der Waals surface area contributed by atoms with Crippen molar-refractivity contribution < 1.29 is 37.3 Å². The van der Waals surface area contributed by atoms with E-state index >= 15 is 0 Å². The van der Waals surface area contributed by atoms with E-state index in [2.05, 4.69) is 86.8 Å². The SMILES string of the molecule is CC/C=C\C/C=C\C/C=C\C/C=C\C/C=C\CC(=O)OC(COCCCCCCCC/C=C\C/C=C\CCCC)COP(=O)([O-])OCC[N+](C)(C)C. The minimum Gasteiger partial charge on any atom is -0.756 e. The molecule has 0 radical (unpaired) electrons. The molecule has 0 saturated carbocycles. The molecule has 52 heavy (non-hydrogen) atoms. The zero-order chi connectivity index (χ0) is 38.4. The first kappa shape index (κ1) is 49.7. The van der Waals surface area contributed by atoms with Crippen LogP contribution in [0.15, 0.2) is 85.1 Å². The number of unbranched alkanes of at least 4 members (excludes halogenated alkanes) is 8. The molecule has 0 rings (SSSR count). The number of carbonyl (C=O) groups excluding carboxylic acids is 1. The number of quaternary nitrogens is 1. The molecule has 0 N–H and O–H groups in total. The van der Waals surface area contributed by atoms with Crippen molar-refractivity contribution in [2.45, 2.75) is 129 Å². The molecule has 0 aromatic heterocycles. The van der Waals surface area contributed by atoms with Crippen molar-refractivity contribution in [1.29, 1.82) is 0 Å². The van der Waals surface area contributed by atoms with Crippen molar-refractivity contribution in [3.05, 3.63) is 85.1 Å². The Morgan fingerprint density at radius 1 is 0.615 bits per heavy atom. The van der Waals surface area contributed by atoms with E-state index < -0.39 is 19.9 Å². The van der Waals surface area contributed by atoms with Crippen LogP contribution in [-0.2, 0) is 27.9 Å². The van der Waals surface area contributed by atoms with E-state index in [0.717, 1.165) is 57.8 Å². The summed E-state index contributed by atoms with van der Waals surface area (Å²) in [6.07, 6.45) is 46.2. The Labute approximate surface area is 318 Å². The largest absolute Gasteiger partial charge is 0.756 e. The first-order chi connectivity index (χ1) is 25.1. The maximum absolute atomic E-state index is 12.6. The first-order valence-electron chi connectivity index (χ1n) is 19.8. The minimum absolute atomic E-state index is 0.00277. The van der Waals surface area contributed by atoms with Gasteiger partial charge in [-0.05, 0) is 64.2 Å². The van der Waals surface area contributed by atoms with Gasteiger partial charge in [0.15, 0.2) is 0 Å². The van der Waals surface area contributed by atoms with Gasteiger partial charge in [-0.15, -0.1) is 0 Å². The molecule has 0 aromatic carbocycles. The van der Waals surface area contributed by atoms with Gasteiger partial charge in [-0.25, -0.2) is 0 Å². The molecule has 0 aliphatic carbocycles. The molecule has 0 amide bonds. The van der Waals surface area contributed by atoms with Gasteiger partial charge < -0.3 is 27.9 Å². The zero-order valence-electron chi connectivity index (χ0n) is 33.5. The number of carbonyl (C=O) groups is 1. The topological polar surface area (TPSA) is 94.1 Å². The average Bonchev–Trinajstić information content (AvgIpc) is 3.09. The molecule has 0 spiro atoms. The Morgan fingerprint density at radius 2 is 1.12 bits per heavy atom. The standard InChI is InChI=1S/C43H74NO7P/c1-6-8-10-12-14-16-18-20-22-24-26-28-30-32-34-36-43(45)51-42(41-50-52(46,47)49-39-37-44(3,4)5)40-48-38-35-33-31-29-27-25-23-21-19-17-15-13-11-9-7-2/h8,10,13-16,19-22,26,28,32,34,42H,6-7,9,11-12,17-18,23-25,27,29-31,33,35-41H2,1-5H3/b10-8-,15-13-,16-14-,21-19-,22-20-,28-26-,34-32-. The Morgan fingerprint density at radius 3 is 1.67 bits per heavy atom. The number of nitrogens with zero attached hydrogens (tertiary/aromatic N) is 1. The van der Waals surface area contributed by atoms with Crippen molar-refractivity contribution in [3.8, 4) is 0 Å². The summed E-state index contributed by atoms with van der Waals surface area (Å²) < 4.78 is 34.3. The highest BCUT2D eigenvalue weighted by atomic mass is 31.2. The van der Waals surface area contributed by atoms with Crippen molar-refractivity contribution in [2.24, 2.45) is 0 Å².